The molecule has 0 heterocycles. The maximum atomic E-state index is 2.42. The van der Waals surface area contributed by atoms with E-state index >= 15 is 0 Å². The van der Waals surface area contributed by atoms with Gasteiger partial charge in [-0.15, -0.1) is 0 Å². The molecule has 12 aromatic rings. The minimum absolute atomic E-state index is 1.11. The third-order valence-corrected chi connectivity index (χ3v) is 12.8. The molecule has 0 amide bonds. The molecule has 2 nitrogen and oxygen atoms in total. The summed E-state index contributed by atoms with van der Waals surface area (Å²) in [5.41, 5.74) is 11.5. The SMILES string of the molecule is c1ccc(N(c2ccc(-c3cc4c5ccccc5c(-c5ccc(N(c6ccccc6)c6ccc7ccccc7c6)cc5)cc4c4ccccc34)cc2)c2ccc3ccccc3c2)cc1. The molecule has 12 aromatic carbocycles. The molecule has 0 saturated heterocycles. The van der Waals surface area contributed by atoms with Crippen LogP contribution in [0.5, 0.6) is 0 Å². The van der Waals surface area contributed by atoms with Crippen molar-refractivity contribution in [1.29, 1.82) is 0 Å². The average Bonchev–Trinajstić information content (AvgIpc) is 3.37. The molecule has 0 atom stereocenters. The first-order valence-electron chi connectivity index (χ1n) is 22.0. The normalized spacial score (nSPS) is 11.4. The third kappa shape index (κ3) is 6.61. The molecule has 12 rings (SSSR count). The van der Waals surface area contributed by atoms with E-state index in [9.17, 15) is 0 Å². The Morgan fingerprint density at radius 1 is 0.188 bits per heavy atom. The van der Waals surface area contributed by atoms with Gasteiger partial charge in [-0.1, -0.05) is 170 Å². The largest absolute Gasteiger partial charge is 0.310 e. The van der Waals surface area contributed by atoms with E-state index in [2.05, 4.69) is 265 Å². The van der Waals surface area contributed by atoms with Crippen LogP contribution in [0.1, 0.15) is 0 Å². The van der Waals surface area contributed by atoms with Crippen molar-refractivity contribution >= 4 is 88.0 Å². The Kier molecular flexibility index (Phi) is 9.20. The standard InChI is InChI=1S/C62H42N2/c1-3-19-49(20-4-1)63(53-37-27-43-15-7-9-17-47(43)39-53)51-33-29-45(30-34-51)59-41-61-58-26-14-12-24-56(58)60(42-62(61)57-25-13-11-23-55(57)59)46-31-35-52(36-32-46)64(50-21-5-2-6-22-50)54-38-28-44-16-8-10-18-48(44)40-54/h1-42H. The van der Waals surface area contributed by atoms with Crippen LogP contribution < -0.4 is 9.80 Å². The Morgan fingerprint density at radius 3 is 0.906 bits per heavy atom. The van der Waals surface area contributed by atoms with E-state index in [-0.39, 0.29) is 0 Å². The van der Waals surface area contributed by atoms with Gasteiger partial charge in [0.2, 0.25) is 0 Å². The van der Waals surface area contributed by atoms with Crippen LogP contribution in [0.3, 0.4) is 0 Å². The van der Waals surface area contributed by atoms with E-state index < -0.39 is 0 Å². The number of benzene rings is 12. The maximum absolute atomic E-state index is 2.42. The van der Waals surface area contributed by atoms with Crippen LogP contribution in [0, 0.1) is 0 Å². The highest BCUT2D eigenvalue weighted by molar-refractivity contribution is 6.24. The van der Waals surface area contributed by atoms with E-state index in [1.807, 2.05) is 0 Å². The second-order valence-electron chi connectivity index (χ2n) is 16.5. The Hall–Kier alpha value is -8.46. The molecule has 0 unspecified atom stereocenters. The van der Waals surface area contributed by atoms with Gasteiger partial charge in [0.05, 0.1) is 0 Å². The summed E-state index contributed by atoms with van der Waals surface area (Å²) in [7, 11) is 0. The van der Waals surface area contributed by atoms with Crippen LogP contribution in [0.4, 0.5) is 34.1 Å². The third-order valence-electron chi connectivity index (χ3n) is 12.8. The molecule has 0 fully saturated rings. The van der Waals surface area contributed by atoms with Gasteiger partial charge < -0.3 is 9.80 Å². The number of fused-ring (bicyclic) bond motifs is 7. The molecule has 0 aromatic heterocycles. The average molecular weight is 815 g/mol. The lowest BCUT2D eigenvalue weighted by molar-refractivity contribution is 1.29. The number of rotatable bonds is 8. The topological polar surface area (TPSA) is 6.48 Å². The first-order chi connectivity index (χ1) is 31.7. The lowest BCUT2D eigenvalue weighted by Crippen LogP contribution is -2.09. The smallest absolute Gasteiger partial charge is 0.0468 e. The van der Waals surface area contributed by atoms with E-state index in [1.165, 1.54) is 76.1 Å². The Balaban J connectivity index is 0.957. The number of para-hydroxylation sites is 2. The van der Waals surface area contributed by atoms with Crippen molar-refractivity contribution in [2.75, 3.05) is 9.80 Å². The minimum atomic E-state index is 1.11. The first kappa shape index (κ1) is 37.3. The minimum Gasteiger partial charge on any atom is -0.310 e. The summed E-state index contributed by atoms with van der Waals surface area (Å²) in [5.74, 6) is 0. The van der Waals surface area contributed by atoms with Gasteiger partial charge in [0.1, 0.15) is 0 Å². The second-order valence-corrected chi connectivity index (χ2v) is 16.5. The van der Waals surface area contributed by atoms with Crippen molar-refractivity contribution in [1.82, 2.24) is 0 Å². The monoisotopic (exact) mass is 814 g/mol. The molecule has 0 bridgehead atoms. The molecule has 2 heteroatoms. The van der Waals surface area contributed by atoms with E-state index in [0.717, 1.165) is 34.1 Å². The molecule has 0 radical (unpaired) electrons. The van der Waals surface area contributed by atoms with Crippen molar-refractivity contribution in [3.8, 4) is 22.3 Å². The fraction of sp³-hybridized carbons (Fsp3) is 0. The molecule has 0 spiro atoms. The fourth-order valence-corrected chi connectivity index (χ4v) is 9.69. The summed E-state index contributed by atoms with van der Waals surface area (Å²) in [6.07, 6.45) is 0. The van der Waals surface area contributed by atoms with Gasteiger partial charge in [0.25, 0.3) is 0 Å². The van der Waals surface area contributed by atoms with Gasteiger partial charge in [0.15, 0.2) is 0 Å². The molecular weight excluding hydrogens is 773 g/mol. The summed E-state index contributed by atoms with van der Waals surface area (Å²) < 4.78 is 0. The van der Waals surface area contributed by atoms with Crippen molar-refractivity contribution in [3.63, 3.8) is 0 Å². The van der Waals surface area contributed by atoms with Crippen LogP contribution in [-0.2, 0) is 0 Å². The number of anilines is 6. The van der Waals surface area contributed by atoms with Gasteiger partial charge in [-0.05, 0) is 161 Å². The van der Waals surface area contributed by atoms with Gasteiger partial charge >= 0.3 is 0 Å². The van der Waals surface area contributed by atoms with E-state index in [1.54, 1.807) is 0 Å². The lowest BCUT2D eigenvalue weighted by atomic mass is 9.87. The van der Waals surface area contributed by atoms with Crippen LogP contribution in [0.25, 0.3) is 76.1 Å². The molecule has 0 aliphatic rings. The van der Waals surface area contributed by atoms with Gasteiger partial charge in [-0.3, -0.25) is 0 Å². The van der Waals surface area contributed by atoms with Crippen LogP contribution in [-0.4, -0.2) is 0 Å². The predicted octanol–water partition coefficient (Wildman–Crippen LogP) is 17.7. The zero-order valence-electron chi connectivity index (χ0n) is 35.1. The number of hydrogen-bond donors (Lipinski definition) is 0. The van der Waals surface area contributed by atoms with E-state index in [0.29, 0.717) is 0 Å². The highest BCUT2D eigenvalue weighted by Crippen LogP contribution is 2.44. The van der Waals surface area contributed by atoms with Crippen LogP contribution in [0.2, 0.25) is 0 Å². The molecule has 0 N–H and O–H groups in total. The van der Waals surface area contributed by atoms with Gasteiger partial charge in [-0.2, -0.15) is 0 Å². The number of nitrogens with zero attached hydrogens (tertiary/aromatic N) is 2. The highest BCUT2D eigenvalue weighted by atomic mass is 15.1. The number of hydrogen-bond acceptors (Lipinski definition) is 2. The van der Waals surface area contributed by atoms with Crippen molar-refractivity contribution < 1.29 is 0 Å². The van der Waals surface area contributed by atoms with Crippen LogP contribution in [0.15, 0.2) is 255 Å². The molecule has 0 saturated carbocycles. The quantitative estimate of drug-likeness (QED) is 0.141. The van der Waals surface area contributed by atoms with Crippen molar-refractivity contribution in [3.05, 3.63) is 255 Å². The van der Waals surface area contributed by atoms with Crippen LogP contribution >= 0.6 is 0 Å². The second kappa shape index (κ2) is 15.8. The summed E-state index contributed by atoms with van der Waals surface area (Å²) >= 11 is 0. The predicted molar refractivity (Wildman–Crippen MR) is 274 cm³/mol. The summed E-state index contributed by atoms with van der Waals surface area (Å²) in [6, 6.07) is 92.7. The Bertz CT molecular complexity index is 3410. The molecule has 0 aliphatic heterocycles. The Morgan fingerprint density at radius 2 is 0.500 bits per heavy atom. The van der Waals surface area contributed by atoms with Crippen molar-refractivity contribution in [2.45, 2.75) is 0 Å². The van der Waals surface area contributed by atoms with Gasteiger partial charge in [-0.25, -0.2) is 0 Å². The molecular formula is C62H42N2. The molecule has 300 valence electrons. The lowest BCUT2D eigenvalue weighted by Gasteiger charge is -2.26. The summed E-state index contributed by atoms with van der Waals surface area (Å²) in [4.78, 5) is 4.69. The van der Waals surface area contributed by atoms with E-state index in [4.69, 9.17) is 0 Å². The summed E-state index contributed by atoms with van der Waals surface area (Å²) in [5, 5.41) is 12.4. The fourth-order valence-electron chi connectivity index (χ4n) is 9.69. The zero-order chi connectivity index (χ0) is 42.4. The maximum Gasteiger partial charge on any atom is 0.0468 e. The highest BCUT2D eigenvalue weighted by Gasteiger charge is 2.18. The summed E-state index contributed by atoms with van der Waals surface area (Å²) in [6.45, 7) is 0. The first-order valence-corrected chi connectivity index (χ1v) is 22.0. The molecule has 0 aliphatic carbocycles. The Labute approximate surface area is 373 Å². The van der Waals surface area contributed by atoms with Crippen molar-refractivity contribution in [2.24, 2.45) is 0 Å². The van der Waals surface area contributed by atoms with Gasteiger partial charge in [0, 0.05) is 34.1 Å². The molecule has 64 heavy (non-hydrogen) atoms. The zero-order valence-corrected chi connectivity index (χ0v) is 35.1.